The highest BCUT2D eigenvalue weighted by atomic mass is 16.5. The van der Waals surface area contributed by atoms with E-state index in [1.54, 1.807) is 17.9 Å². The number of nitrogens with zero attached hydrogens (tertiary/aromatic N) is 1. The summed E-state index contributed by atoms with van der Waals surface area (Å²) < 4.78 is 10.9. The number of likely N-dealkylation sites (N-methyl/N-ethyl adjacent to an activating group) is 1. The molecular formula is C29H31NO4. The van der Waals surface area contributed by atoms with E-state index in [4.69, 9.17) is 9.47 Å². The quantitative estimate of drug-likeness (QED) is 0.297. The second-order valence-electron chi connectivity index (χ2n) is 7.95. The van der Waals surface area contributed by atoms with Crippen LogP contribution in [0.5, 0.6) is 5.75 Å². The molecule has 3 rings (SSSR count). The molecule has 0 heterocycles. The van der Waals surface area contributed by atoms with Gasteiger partial charge in [-0.15, -0.1) is 0 Å². The van der Waals surface area contributed by atoms with Gasteiger partial charge < -0.3 is 14.4 Å². The van der Waals surface area contributed by atoms with Crippen molar-refractivity contribution in [2.45, 2.75) is 26.4 Å². The SMILES string of the molecule is CCOC(=O)C=Cc1ccc(OCc2ccccc2)cc1CC(=O)N(C)CCc1ccccc1. The Hall–Kier alpha value is -3.86. The third kappa shape index (κ3) is 7.93. The van der Waals surface area contributed by atoms with Crippen LogP contribution in [0.1, 0.15) is 29.2 Å². The molecule has 0 aromatic heterocycles. The fourth-order valence-electron chi connectivity index (χ4n) is 3.44. The predicted octanol–water partition coefficient (Wildman–Crippen LogP) is 5.09. The molecule has 3 aromatic carbocycles. The van der Waals surface area contributed by atoms with E-state index in [0.29, 0.717) is 25.5 Å². The largest absolute Gasteiger partial charge is 0.489 e. The minimum atomic E-state index is -0.413. The van der Waals surface area contributed by atoms with Crippen LogP contribution < -0.4 is 4.74 Å². The van der Waals surface area contributed by atoms with E-state index in [0.717, 1.165) is 23.1 Å². The van der Waals surface area contributed by atoms with Crippen LogP contribution >= 0.6 is 0 Å². The highest BCUT2D eigenvalue weighted by molar-refractivity contribution is 5.88. The summed E-state index contributed by atoms with van der Waals surface area (Å²) in [4.78, 5) is 26.5. The molecule has 0 aliphatic heterocycles. The molecule has 176 valence electrons. The Morgan fingerprint density at radius 3 is 2.26 bits per heavy atom. The van der Waals surface area contributed by atoms with E-state index in [2.05, 4.69) is 12.1 Å². The van der Waals surface area contributed by atoms with Crippen molar-refractivity contribution >= 4 is 18.0 Å². The van der Waals surface area contributed by atoms with Gasteiger partial charge in [-0.25, -0.2) is 4.79 Å². The van der Waals surface area contributed by atoms with Crippen molar-refractivity contribution in [3.63, 3.8) is 0 Å². The highest BCUT2D eigenvalue weighted by Gasteiger charge is 2.13. The van der Waals surface area contributed by atoms with Gasteiger partial charge in [-0.3, -0.25) is 4.79 Å². The Kier molecular flexibility index (Phi) is 9.47. The van der Waals surface area contributed by atoms with Gasteiger partial charge in [0.2, 0.25) is 5.91 Å². The van der Waals surface area contributed by atoms with Crippen LogP contribution in [0.4, 0.5) is 0 Å². The first-order valence-electron chi connectivity index (χ1n) is 11.5. The van der Waals surface area contributed by atoms with E-state index >= 15 is 0 Å². The van der Waals surface area contributed by atoms with Gasteiger partial charge in [0.15, 0.2) is 0 Å². The van der Waals surface area contributed by atoms with Crippen molar-refractivity contribution < 1.29 is 19.1 Å². The zero-order chi connectivity index (χ0) is 24.2. The van der Waals surface area contributed by atoms with Crippen molar-refractivity contribution in [2.75, 3.05) is 20.2 Å². The Balaban J connectivity index is 1.72. The lowest BCUT2D eigenvalue weighted by Crippen LogP contribution is -2.30. The maximum absolute atomic E-state index is 13.0. The highest BCUT2D eigenvalue weighted by Crippen LogP contribution is 2.22. The standard InChI is InChI=1S/C29H31NO4/c1-3-33-29(32)17-15-25-14-16-27(34-22-24-12-8-5-9-13-24)20-26(25)21-28(31)30(2)19-18-23-10-6-4-7-11-23/h4-17,20H,3,18-19,21-22H2,1-2H3. The van der Waals surface area contributed by atoms with Crippen LogP contribution in [-0.2, 0) is 33.8 Å². The van der Waals surface area contributed by atoms with Crippen molar-refractivity contribution in [2.24, 2.45) is 0 Å². The van der Waals surface area contributed by atoms with Gasteiger partial charge >= 0.3 is 5.97 Å². The number of rotatable bonds is 11. The molecule has 0 N–H and O–H groups in total. The summed E-state index contributed by atoms with van der Waals surface area (Å²) in [6.45, 7) is 3.14. The first-order chi connectivity index (χ1) is 16.5. The minimum Gasteiger partial charge on any atom is -0.489 e. The second-order valence-corrected chi connectivity index (χ2v) is 7.95. The Morgan fingerprint density at radius 2 is 1.59 bits per heavy atom. The van der Waals surface area contributed by atoms with Crippen LogP contribution in [0, 0.1) is 0 Å². The molecular weight excluding hydrogens is 426 g/mol. The van der Waals surface area contributed by atoms with E-state index in [9.17, 15) is 9.59 Å². The third-order valence-electron chi connectivity index (χ3n) is 5.39. The molecule has 0 saturated carbocycles. The first kappa shape index (κ1) is 24.8. The van der Waals surface area contributed by atoms with E-state index in [1.165, 1.54) is 11.6 Å². The van der Waals surface area contributed by atoms with Gasteiger partial charge in [0.1, 0.15) is 12.4 Å². The first-order valence-corrected chi connectivity index (χ1v) is 11.5. The Labute approximate surface area is 201 Å². The number of carbonyl (C=O) groups is 2. The molecule has 0 unspecified atom stereocenters. The van der Waals surface area contributed by atoms with Crippen molar-refractivity contribution in [1.29, 1.82) is 0 Å². The fraction of sp³-hybridized carbons (Fsp3) is 0.241. The predicted molar refractivity (Wildman–Crippen MR) is 134 cm³/mol. The summed E-state index contributed by atoms with van der Waals surface area (Å²) in [6, 6.07) is 25.6. The van der Waals surface area contributed by atoms with E-state index < -0.39 is 5.97 Å². The lowest BCUT2D eigenvalue weighted by molar-refractivity contribution is -0.137. The van der Waals surface area contributed by atoms with Crippen LogP contribution in [-0.4, -0.2) is 37.0 Å². The number of hydrogen-bond donors (Lipinski definition) is 0. The topological polar surface area (TPSA) is 55.8 Å². The smallest absolute Gasteiger partial charge is 0.330 e. The summed E-state index contributed by atoms with van der Waals surface area (Å²) in [7, 11) is 1.81. The van der Waals surface area contributed by atoms with Crippen LogP contribution in [0.2, 0.25) is 0 Å². The maximum atomic E-state index is 13.0. The van der Waals surface area contributed by atoms with Gasteiger partial charge in [0.25, 0.3) is 0 Å². The average Bonchev–Trinajstić information content (AvgIpc) is 2.87. The fourth-order valence-corrected chi connectivity index (χ4v) is 3.44. The van der Waals surface area contributed by atoms with Gasteiger partial charge in [-0.2, -0.15) is 0 Å². The molecule has 0 radical (unpaired) electrons. The summed E-state index contributed by atoms with van der Waals surface area (Å²) in [5.41, 5.74) is 3.83. The van der Waals surface area contributed by atoms with Crippen LogP contribution in [0.25, 0.3) is 6.08 Å². The maximum Gasteiger partial charge on any atom is 0.330 e. The number of ether oxygens (including phenoxy) is 2. The van der Waals surface area contributed by atoms with Crippen molar-refractivity contribution in [1.82, 2.24) is 4.90 Å². The Morgan fingerprint density at radius 1 is 0.912 bits per heavy atom. The summed E-state index contributed by atoms with van der Waals surface area (Å²) in [5, 5.41) is 0. The summed E-state index contributed by atoms with van der Waals surface area (Å²) >= 11 is 0. The molecule has 0 spiro atoms. The lowest BCUT2D eigenvalue weighted by atomic mass is 10.0. The Bertz CT molecular complexity index is 1090. The molecule has 0 atom stereocenters. The number of amides is 1. The van der Waals surface area contributed by atoms with Gasteiger partial charge in [-0.1, -0.05) is 66.7 Å². The lowest BCUT2D eigenvalue weighted by Gasteiger charge is -2.18. The third-order valence-corrected chi connectivity index (χ3v) is 5.39. The second kappa shape index (κ2) is 13.0. The zero-order valence-electron chi connectivity index (χ0n) is 19.8. The molecule has 3 aromatic rings. The summed E-state index contributed by atoms with van der Waals surface area (Å²) in [6.07, 6.45) is 4.07. The van der Waals surface area contributed by atoms with E-state index in [-0.39, 0.29) is 12.3 Å². The molecule has 5 heteroatoms. The number of carbonyl (C=O) groups excluding carboxylic acids is 2. The molecule has 5 nitrogen and oxygen atoms in total. The van der Waals surface area contributed by atoms with E-state index in [1.807, 2.05) is 73.8 Å². The monoisotopic (exact) mass is 457 g/mol. The minimum absolute atomic E-state index is 0.00178. The van der Waals surface area contributed by atoms with Gasteiger partial charge in [0.05, 0.1) is 13.0 Å². The number of hydrogen-bond acceptors (Lipinski definition) is 4. The molecule has 0 fully saturated rings. The summed E-state index contributed by atoms with van der Waals surface area (Å²) in [5.74, 6) is 0.262. The number of benzene rings is 3. The van der Waals surface area contributed by atoms with Crippen LogP contribution in [0.15, 0.2) is 84.9 Å². The molecule has 0 aliphatic rings. The normalized spacial score (nSPS) is 10.8. The van der Waals surface area contributed by atoms with Gasteiger partial charge in [0, 0.05) is 19.7 Å². The van der Waals surface area contributed by atoms with Crippen molar-refractivity contribution in [3.8, 4) is 5.75 Å². The van der Waals surface area contributed by atoms with Gasteiger partial charge in [-0.05, 0) is 53.8 Å². The molecule has 1 amide bonds. The van der Waals surface area contributed by atoms with Crippen molar-refractivity contribution in [3.05, 3.63) is 107 Å². The average molecular weight is 458 g/mol. The molecule has 0 bridgehead atoms. The molecule has 0 saturated heterocycles. The zero-order valence-corrected chi connectivity index (χ0v) is 19.8. The molecule has 0 aliphatic carbocycles. The van der Waals surface area contributed by atoms with Crippen LogP contribution in [0.3, 0.4) is 0 Å². The molecule has 34 heavy (non-hydrogen) atoms. The number of esters is 1.